The van der Waals surface area contributed by atoms with Crippen molar-refractivity contribution in [3.8, 4) is 0 Å². The molecule has 3 rings (SSSR count). The molecule has 1 heterocycles. The van der Waals surface area contributed by atoms with Crippen molar-refractivity contribution in [1.82, 2.24) is 10.2 Å². The summed E-state index contributed by atoms with van der Waals surface area (Å²) in [5.41, 5.74) is -0.206. The van der Waals surface area contributed by atoms with Gasteiger partial charge in [-0.1, -0.05) is 18.2 Å². The molecule has 1 N–H and O–H groups in total. The number of amides is 1. The molecule has 0 aliphatic heterocycles. The topological polar surface area (TPSA) is 45.5 Å². The number of nitrogens with one attached hydrogen (secondary N) is 1. The summed E-state index contributed by atoms with van der Waals surface area (Å²) in [5, 5.41) is 2.97. The molecule has 1 atom stereocenters. The fraction of sp³-hybridized carbons (Fsp3) is 0.389. The van der Waals surface area contributed by atoms with Crippen LogP contribution < -0.4 is 5.32 Å². The van der Waals surface area contributed by atoms with Crippen LogP contribution in [0.25, 0.3) is 0 Å². The van der Waals surface area contributed by atoms with Gasteiger partial charge in [0.2, 0.25) is 5.91 Å². The van der Waals surface area contributed by atoms with Gasteiger partial charge in [-0.25, -0.2) is 4.39 Å². The average Bonchev–Trinajstić information content (AvgIpc) is 3.16. The number of hydrogen-bond donors (Lipinski definition) is 1. The van der Waals surface area contributed by atoms with Gasteiger partial charge in [0.25, 0.3) is 0 Å². The largest absolute Gasteiger partial charge is 0.468 e. The molecule has 0 bridgehead atoms. The van der Waals surface area contributed by atoms with Gasteiger partial charge in [0.15, 0.2) is 0 Å². The lowest BCUT2D eigenvalue weighted by Gasteiger charge is -2.24. The lowest BCUT2D eigenvalue weighted by Crippen LogP contribution is -2.40. The molecule has 1 aromatic heterocycles. The van der Waals surface area contributed by atoms with Gasteiger partial charge in [-0.3, -0.25) is 9.69 Å². The van der Waals surface area contributed by atoms with Crippen molar-refractivity contribution < 1.29 is 13.6 Å². The molecule has 1 saturated carbocycles. The molecule has 0 radical (unpaired) electrons. The Morgan fingerprint density at radius 3 is 2.61 bits per heavy atom. The van der Waals surface area contributed by atoms with Gasteiger partial charge in [0, 0.05) is 12.1 Å². The predicted molar refractivity (Wildman–Crippen MR) is 85.5 cm³/mol. The van der Waals surface area contributed by atoms with Crippen molar-refractivity contribution in [1.29, 1.82) is 0 Å². The smallest absolute Gasteiger partial charge is 0.230 e. The second-order valence-corrected chi connectivity index (χ2v) is 6.27. The molecule has 1 amide bonds. The number of likely N-dealkylation sites (N-methyl/N-ethyl adjacent to an activating group) is 1. The Labute approximate surface area is 135 Å². The third-order valence-corrected chi connectivity index (χ3v) is 4.52. The van der Waals surface area contributed by atoms with Gasteiger partial charge >= 0.3 is 0 Å². The van der Waals surface area contributed by atoms with Crippen molar-refractivity contribution in [2.75, 3.05) is 20.6 Å². The molecule has 2 aromatic rings. The van der Waals surface area contributed by atoms with E-state index in [2.05, 4.69) is 5.32 Å². The van der Waals surface area contributed by atoms with Gasteiger partial charge in [0.1, 0.15) is 11.6 Å². The Morgan fingerprint density at radius 1 is 1.30 bits per heavy atom. The van der Waals surface area contributed by atoms with Crippen LogP contribution in [0.3, 0.4) is 0 Å². The molecule has 1 fully saturated rings. The summed E-state index contributed by atoms with van der Waals surface area (Å²) < 4.78 is 19.5. The summed E-state index contributed by atoms with van der Waals surface area (Å²) >= 11 is 0. The van der Waals surface area contributed by atoms with Gasteiger partial charge in [-0.15, -0.1) is 0 Å². The molecule has 0 saturated heterocycles. The molecule has 1 aliphatic rings. The lowest BCUT2D eigenvalue weighted by molar-refractivity contribution is -0.123. The molecule has 122 valence electrons. The number of nitrogens with zero attached hydrogens (tertiary/aromatic N) is 1. The lowest BCUT2D eigenvalue weighted by atomic mass is 9.94. The van der Waals surface area contributed by atoms with E-state index >= 15 is 0 Å². The van der Waals surface area contributed by atoms with E-state index in [4.69, 9.17) is 4.42 Å². The summed E-state index contributed by atoms with van der Waals surface area (Å²) in [6, 6.07) is 10.2. The minimum absolute atomic E-state index is 0.0506. The van der Waals surface area contributed by atoms with E-state index in [1.807, 2.05) is 31.1 Å². The first-order valence-electron chi connectivity index (χ1n) is 7.78. The number of rotatable bonds is 6. The Balaban J connectivity index is 1.71. The van der Waals surface area contributed by atoms with Crippen LogP contribution in [-0.4, -0.2) is 31.4 Å². The van der Waals surface area contributed by atoms with E-state index in [0.29, 0.717) is 24.9 Å². The van der Waals surface area contributed by atoms with E-state index in [1.165, 1.54) is 6.07 Å². The summed E-state index contributed by atoms with van der Waals surface area (Å²) in [6.07, 6.45) is 3.00. The molecule has 5 heteroatoms. The van der Waals surface area contributed by atoms with Gasteiger partial charge in [-0.05, 0) is 45.1 Å². The summed E-state index contributed by atoms with van der Waals surface area (Å²) in [4.78, 5) is 14.6. The zero-order valence-corrected chi connectivity index (χ0v) is 13.4. The van der Waals surface area contributed by atoms with Crippen molar-refractivity contribution in [3.05, 3.63) is 59.8 Å². The van der Waals surface area contributed by atoms with Crippen molar-refractivity contribution in [3.63, 3.8) is 0 Å². The second-order valence-electron chi connectivity index (χ2n) is 6.27. The number of carbonyl (C=O) groups excluding carboxylic acids is 1. The third kappa shape index (κ3) is 3.01. The van der Waals surface area contributed by atoms with Gasteiger partial charge in [-0.2, -0.15) is 0 Å². The van der Waals surface area contributed by atoms with Gasteiger partial charge in [0.05, 0.1) is 17.7 Å². The monoisotopic (exact) mass is 316 g/mol. The Hall–Kier alpha value is -2.14. The first-order chi connectivity index (χ1) is 11.0. The minimum atomic E-state index is -0.703. The first kappa shape index (κ1) is 15.7. The van der Waals surface area contributed by atoms with E-state index in [-0.39, 0.29) is 17.8 Å². The fourth-order valence-corrected chi connectivity index (χ4v) is 2.97. The first-order valence-corrected chi connectivity index (χ1v) is 7.78. The Morgan fingerprint density at radius 2 is 2.04 bits per heavy atom. The Kier molecular flexibility index (Phi) is 4.22. The minimum Gasteiger partial charge on any atom is -0.468 e. The van der Waals surface area contributed by atoms with E-state index in [9.17, 15) is 9.18 Å². The van der Waals surface area contributed by atoms with E-state index in [1.54, 1.807) is 24.5 Å². The maximum Gasteiger partial charge on any atom is 0.230 e. The van der Waals surface area contributed by atoms with Crippen LogP contribution in [0.15, 0.2) is 47.1 Å². The maximum absolute atomic E-state index is 14.0. The number of hydrogen-bond acceptors (Lipinski definition) is 3. The standard InChI is InChI=1S/C18H21FN2O2/c1-21(2)15(16-8-5-11-23-16)12-20-17(22)18(9-10-18)13-6-3-4-7-14(13)19/h3-8,11,15H,9-10,12H2,1-2H3,(H,20,22). The molecule has 4 nitrogen and oxygen atoms in total. The molecule has 0 spiro atoms. The Bertz CT molecular complexity index is 678. The molecular weight excluding hydrogens is 295 g/mol. The quantitative estimate of drug-likeness (QED) is 0.891. The van der Waals surface area contributed by atoms with Crippen molar-refractivity contribution in [2.24, 2.45) is 0 Å². The molecular formula is C18H21FN2O2. The highest BCUT2D eigenvalue weighted by Crippen LogP contribution is 2.49. The molecule has 1 unspecified atom stereocenters. The molecule has 23 heavy (non-hydrogen) atoms. The third-order valence-electron chi connectivity index (χ3n) is 4.52. The number of benzene rings is 1. The van der Waals surface area contributed by atoms with E-state index < -0.39 is 5.41 Å². The predicted octanol–water partition coefficient (Wildman–Crippen LogP) is 2.87. The van der Waals surface area contributed by atoms with E-state index in [0.717, 1.165) is 5.76 Å². The van der Waals surface area contributed by atoms with Crippen LogP contribution >= 0.6 is 0 Å². The zero-order valence-electron chi connectivity index (χ0n) is 13.4. The molecule has 1 aromatic carbocycles. The van der Waals surface area contributed by atoms with Crippen LogP contribution in [0.2, 0.25) is 0 Å². The number of carbonyl (C=O) groups is 1. The average molecular weight is 316 g/mol. The summed E-state index contributed by atoms with van der Waals surface area (Å²) in [5.74, 6) is 0.377. The highest BCUT2D eigenvalue weighted by Gasteiger charge is 2.52. The van der Waals surface area contributed by atoms with Gasteiger partial charge < -0.3 is 9.73 Å². The van der Waals surface area contributed by atoms with Crippen LogP contribution in [0.4, 0.5) is 4.39 Å². The highest BCUT2D eigenvalue weighted by molar-refractivity contribution is 5.91. The maximum atomic E-state index is 14.0. The zero-order chi connectivity index (χ0) is 16.4. The van der Waals surface area contributed by atoms with Crippen LogP contribution in [0.5, 0.6) is 0 Å². The SMILES string of the molecule is CN(C)C(CNC(=O)C1(c2ccccc2F)CC1)c1ccco1. The van der Waals surface area contributed by atoms with Crippen molar-refractivity contribution >= 4 is 5.91 Å². The van der Waals surface area contributed by atoms with Crippen LogP contribution in [-0.2, 0) is 10.2 Å². The van der Waals surface area contributed by atoms with Crippen LogP contribution in [0.1, 0.15) is 30.2 Å². The summed E-state index contributed by atoms with van der Waals surface area (Å²) in [7, 11) is 3.87. The fourth-order valence-electron chi connectivity index (χ4n) is 2.97. The highest BCUT2D eigenvalue weighted by atomic mass is 19.1. The number of furan rings is 1. The summed E-state index contributed by atoms with van der Waals surface area (Å²) in [6.45, 7) is 0.426. The van der Waals surface area contributed by atoms with Crippen LogP contribution in [0, 0.1) is 5.82 Å². The van der Waals surface area contributed by atoms with Crippen molar-refractivity contribution in [2.45, 2.75) is 24.3 Å². The number of halogens is 1. The normalized spacial score (nSPS) is 17.0. The second kappa shape index (κ2) is 6.16. The molecule has 1 aliphatic carbocycles.